The molecule has 0 radical (unpaired) electrons. The Morgan fingerprint density at radius 3 is 1.91 bits per heavy atom. The Morgan fingerprint density at radius 2 is 1.36 bits per heavy atom. The summed E-state index contributed by atoms with van der Waals surface area (Å²) in [5, 5.41) is 0. The van der Waals surface area contributed by atoms with Crippen LogP contribution in [0.15, 0.2) is 54.6 Å². The van der Waals surface area contributed by atoms with Crippen LogP contribution in [-0.4, -0.2) is 0 Å². The van der Waals surface area contributed by atoms with Gasteiger partial charge in [-0.15, -0.1) is 0 Å². The number of aryl methyl sites for hydroxylation is 1. The van der Waals surface area contributed by atoms with Gasteiger partial charge in [0.15, 0.2) is 0 Å². The molecule has 0 saturated heterocycles. The first-order chi connectivity index (χ1) is 10.8. The monoisotopic (exact) mass is 288 g/mol. The summed E-state index contributed by atoms with van der Waals surface area (Å²) in [5.74, 6) is 6.47. The van der Waals surface area contributed by atoms with Crippen molar-refractivity contribution in [1.29, 1.82) is 0 Å². The highest BCUT2D eigenvalue weighted by Crippen LogP contribution is 2.08. The van der Waals surface area contributed by atoms with Gasteiger partial charge in [-0.3, -0.25) is 0 Å². The van der Waals surface area contributed by atoms with E-state index in [4.69, 9.17) is 0 Å². The van der Waals surface area contributed by atoms with Crippen LogP contribution in [0, 0.1) is 11.8 Å². The fourth-order valence-corrected chi connectivity index (χ4v) is 2.25. The molecule has 0 aliphatic carbocycles. The fraction of sp³-hybridized carbons (Fsp3) is 0.273. The molecule has 0 aromatic heterocycles. The van der Waals surface area contributed by atoms with Crippen molar-refractivity contribution in [3.05, 3.63) is 76.9 Å². The van der Waals surface area contributed by atoms with Crippen molar-refractivity contribution in [2.75, 3.05) is 0 Å². The van der Waals surface area contributed by atoms with E-state index in [2.05, 4.69) is 86.4 Å². The summed E-state index contributed by atoms with van der Waals surface area (Å²) in [7, 11) is 0. The molecule has 0 N–H and O–H groups in total. The van der Waals surface area contributed by atoms with Crippen molar-refractivity contribution in [3.8, 4) is 11.8 Å². The van der Waals surface area contributed by atoms with Crippen LogP contribution in [0.25, 0.3) is 6.08 Å². The highest BCUT2D eigenvalue weighted by molar-refractivity contribution is 5.52. The Hall–Kier alpha value is -2.26. The SMILES string of the molecule is CCC/C=C/c1ccc(C#Cc2ccc(CCC)cc2)cc1. The van der Waals surface area contributed by atoms with Crippen LogP contribution in [0.5, 0.6) is 0 Å². The molecular formula is C22H24. The molecule has 0 nitrogen and oxygen atoms in total. The summed E-state index contributed by atoms with van der Waals surface area (Å²) in [6.45, 7) is 4.40. The minimum atomic E-state index is 1.06. The minimum absolute atomic E-state index is 1.06. The molecular weight excluding hydrogens is 264 g/mol. The number of hydrogen-bond donors (Lipinski definition) is 0. The van der Waals surface area contributed by atoms with E-state index >= 15 is 0 Å². The maximum absolute atomic E-state index is 3.23. The molecule has 0 atom stereocenters. The second-order valence-corrected chi connectivity index (χ2v) is 5.51. The second-order valence-electron chi connectivity index (χ2n) is 5.51. The van der Waals surface area contributed by atoms with Gasteiger partial charge in [-0.25, -0.2) is 0 Å². The van der Waals surface area contributed by atoms with Gasteiger partial charge in [-0.1, -0.05) is 74.9 Å². The third-order valence-electron chi connectivity index (χ3n) is 3.52. The molecule has 112 valence electrons. The zero-order valence-electron chi connectivity index (χ0n) is 13.6. The summed E-state index contributed by atoms with van der Waals surface area (Å²) >= 11 is 0. The Balaban J connectivity index is 2.01. The van der Waals surface area contributed by atoms with Crippen molar-refractivity contribution < 1.29 is 0 Å². The average Bonchev–Trinajstić information content (AvgIpc) is 2.56. The van der Waals surface area contributed by atoms with Gasteiger partial charge < -0.3 is 0 Å². The predicted octanol–water partition coefficient (Wildman–Crippen LogP) is 5.85. The summed E-state index contributed by atoms with van der Waals surface area (Å²) in [6.07, 6.45) is 9.04. The normalized spacial score (nSPS) is 10.5. The lowest BCUT2D eigenvalue weighted by molar-refractivity contribution is 0.922. The highest BCUT2D eigenvalue weighted by Gasteiger charge is 1.92. The van der Waals surface area contributed by atoms with Gasteiger partial charge in [-0.2, -0.15) is 0 Å². The molecule has 0 fully saturated rings. The van der Waals surface area contributed by atoms with Gasteiger partial charge in [0.2, 0.25) is 0 Å². The minimum Gasteiger partial charge on any atom is -0.0840 e. The van der Waals surface area contributed by atoms with Crippen LogP contribution in [-0.2, 0) is 6.42 Å². The molecule has 0 aliphatic heterocycles. The van der Waals surface area contributed by atoms with Gasteiger partial charge in [0.25, 0.3) is 0 Å². The Morgan fingerprint density at radius 1 is 0.773 bits per heavy atom. The molecule has 0 aliphatic rings. The lowest BCUT2D eigenvalue weighted by Crippen LogP contribution is -1.83. The van der Waals surface area contributed by atoms with Gasteiger partial charge in [0.05, 0.1) is 0 Å². The summed E-state index contributed by atoms with van der Waals surface area (Å²) in [6, 6.07) is 17.0. The van der Waals surface area contributed by atoms with Crippen molar-refractivity contribution in [2.24, 2.45) is 0 Å². The molecule has 0 heteroatoms. The topological polar surface area (TPSA) is 0 Å². The Labute approximate surface area is 134 Å². The number of rotatable bonds is 5. The highest BCUT2D eigenvalue weighted by atomic mass is 14.0. The Bertz CT molecular complexity index is 646. The molecule has 0 amide bonds. The smallest absolute Gasteiger partial charge is 0.0249 e. The van der Waals surface area contributed by atoms with Crippen molar-refractivity contribution in [2.45, 2.75) is 39.5 Å². The fourth-order valence-electron chi connectivity index (χ4n) is 2.25. The first-order valence-electron chi connectivity index (χ1n) is 8.19. The van der Waals surface area contributed by atoms with Crippen molar-refractivity contribution in [1.82, 2.24) is 0 Å². The molecule has 0 saturated carbocycles. The van der Waals surface area contributed by atoms with Crippen LogP contribution in [0.2, 0.25) is 0 Å². The van der Waals surface area contributed by atoms with Gasteiger partial charge in [0, 0.05) is 11.1 Å². The van der Waals surface area contributed by atoms with E-state index in [0.29, 0.717) is 0 Å². The number of unbranched alkanes of at least 4 members (excludes halogenated alkanes) is 1. The number of allylic oxidation sites excluding steroid dienone is 1. The van der Waals surface area contributed by atoms with Crippen LogP contribution in [0.1, 0.15) is 55.4 Å². The molecule has 2 aromatic rings. The van der Waals surface area contributed by atoms with Gasteiger partial charge in [0.1, 0.15) is 0 Å². The summed E-state index contributed by atoms with van der Waals surface area (Å²) in [5.41, 5.74) is 4.76. The first-order valence-corrected chi connectivity index (χ1v) is 8.19. The predicted molar refractivity (Wildman–Crippen MR) is 96.8 cm³/mol. The van der Waals surface area contributed by atoms with E-state index in [-0.39, 0.29) is 0 Å². The third kappa shape index (κ3) is 5.26. The van der Waals surface area contributed by atoms with E-state index in [1.165, 1.54) is 24.0 Å². The zero-order chi connectivity index (χ0) is 15.6. The zero-order valence-corrected chi connectivity index (χ0v) is 13.6. The molecule has 2 rings (SSSR count). The molecule has 0 unspecified atom stereocenters. The van der Waals surface area contributed by atoms with Crippen LogP contribution in [0.3, 0.4) is 0 Å². The van der Waals surface area contributed by atoms with Gasteiger partial charge in [-0.05, 0) is 48.2 Å². The van der Waals surface area contributed by atoms with E-state index < -0.39 is 0 Å². The summed E-state index contributed by atoms with van der Waals surface area (Å²) < 4.78 is 0. The first kappa shape index (κ1) is 16.1. The van der Waals surface area contributed by atoms with Crippen molar-refractivity contribution in [3.63, 3.8) is 0 Å². The quantitative estimate of drug-likeness (QED) is 0.605. The lowest BCUT2D eigenvalue weighted by atomic mass is 10.1. The maximum atomic E-state index is 3.23. The maximum Gasteiger partial charge on any atom is 0.0249 e. The molecule has 0 spiro atoms. The number of hydrogen-bond acceptors (Lipinski definition) is 0. The summed E-state index contributed by atoms with van der Waals surface area (Å²) in [4.78, 5) is 0. The standard InChI is InChI=1S/C22H24/c1-3-5-6-8-20-11-15-22(16-12-20)18-17-21-13-9-19(7-4-2)10-14-21/h6,8-16H,3-5,7H2,1-2H3/b8-6+. The average molecular weight is 288 g/mol. The van der Waals surface area contributed by atoms with E-state index in [1.807, 2.05) is 0 Å². The lowest BCUT2D eigenvalue weighted by Gasteiger charge is -1.97. The number of benzene rings is 2. The van der Waals surface area contributed by atoms with E-state index in [0.717, 1.165) is 24.0 Å². The van der Waals surface area contributed by atoms with E-state index in [1.54, 1.807) is 0 Å². The van der Waals surface area contributed by atoms with E-state index in [9.17, 15) is 0 Å². The van der Waals surface area contributed by atoms with Crippen LogP contribution < -0.4 is 0 Å². The van der Waals surface area contributed by atoms with Gasteiger partial charge >= 0.3 is 0 Å². The molecule has 22 heavy (non-hydrogen) atoms. The second kappa shape index (κ2) is 8.90. The molecule has 0 heterocycles. The third-order valence-corrected chi connectivity index (χ3v) is 3.52. The van der Waals surface area contributed by atoms with Crippen molar-refractivity contribution >= 4 is 6.08 Å². The Kier molecular flexibility index (Phi) is 6.52. The molecule has 2 aromatic carbocycles. The largest absolute Gasteiger partial charge is 0.0840 e. The van der Waals surface area contributed by atoms with Crippen LogP contribution in [0.4, 0.5) is 0 Å². The van der Waals surface area contributed by atoms with Crippen LogP contribution >= 0.6 is 0 Å². The molecule has 0 bridgehead atoms.